The van der Waals surface area contributed by atoms with Crippen molar-refractivity contribution in [1.29, 1.82) is 0 Å². The molecule has 7 heteroatoms. The van der Waals surface area contributed by atoms with Crippen molar-refractivity contribution in [1.82, 2.24) is 4.98 Å². The number of halogens is 1. The molecular weight excluding hydrogens is 326 g/mol. The maximum atomic E-state index is 10.9. The molecule has 1 aromatic heterocycles. The van der Waals surface area contributed by atoms with E-state index < -0.39 is 11.0 Å². The van der Waals surface area contributed by atoms with Gasteiger partial charge >= 0.3 is 5.69 Å². The first-order valence-corrected chi connectivity index (χ1v) is 6.63. The Balaban J connectivity index is 2.13. The minimum absolute atomic E-state index is 0.139. The highest BCUT2D eigenvalue weighted by Gasteiger charge is 2.18. The highest BCUT2D eigenvalue weighted by Crippen LogP contribution is 2.31. The summed E-state index contributed by atoms with van der Waals surface area (Å²) >= 11 is 3.21. The number of rotatable bonds is 5. The van der Waals surface area contributed by atoms with Crippen molar-refractivity contribution in [3.8, 4) is 0 Å². The second-order valence-electron chi connectivity index (χ2n) is 4.08. The number of nitrogens with one attached hydrogen (secondary N) is 1. The van der Waals surface area contributed by atoms with Crippen LogP contribution < -0.4 is 5.32 Å². The second-order valence-corrected chi connectivity index (χ2v) is 4.93. The second kappa shape index (κ2) is 6.44. The third kappa shape index (κ3) is 3.31. The van der Waals surface area contributed by atoms with Crippen molar-refractivity contribution >= 4 is 27.3 Å². The predicted octanol–water partition coefficient (Wildman–Crippen LogP) is 2.90. The zero-order valence-electron chi connectivity index (χ0n) is 10.4. The van der Waals surface area contributed by atoms with Gasteiger partial charge < -0.3 is 10.4 Å². The van der Waals surface area contributed by atoms with E-state index in [1.165, 1.54) is 12.4 Å². The molecule has 1 unspecified atom stereocenters. The Hall–Kier alpha value is -1.99. The standard InChI is InChI=1S/C13H12BrN3O3/c14-10-6-15-7-11(17(19)20)13(10)16-8-12(18)9-4-2-1-3-5-9/h1-7,12,18H,8H2,(H,15,16). The summed E-state index contributed by atoms with van der Waals surface area (Å²) in [5.74, 6) is 0. The Morgan fingerprint density at radius 1 is 1.35 bits per heavy atom. The Morgan fingerprint density at radius 2 is 2.05 bits per heavy atom. The van der Waals surface area contributed by atoms with Gasteiger partial charge in [0.25, 0.3) is 0 Å². The van der Waals surface area contributed by atoms with E-state index in [-0.39, 0.29) is 12.2 Å². The normalized spacial score (nSPS) is 11.9. The van der Waals surface area contributed by atoms with Gasteiger partial charge in [-0.05, 0) is 21.5 Å². The molecule has 0 saturated carbocycles. The van der Waals surface area contributed by atoms with Crippen molar-refractivity contribution < 1.29 is 10.0 Å². The topological polar surface area (TPSA) is 88.3 Å². The van der Waals surface area contributed by atoms with E-state index in [0.29, 0.717) is 10.2 Å². The van der Waals surface area contributed by atoms with E-state index in [1.807, 2.05) is 18.2 Å². The van der Waals surface area contributed by atoms with Crippen LogP contribution in [0.15, 0.2) is 47.2 Å². The van der Waals surface area contributed by atoms with Crippen molar-refractivity contribution in [3.63, 3.8) is 0 Å². The van der Waals surface area contributed by atoms with Gasteiger partial charge in [-0.3, -0.25) is 15.1 Å². The molecule has 0 radical (unpaired) electrons. The van der Waals surface area contributed by atoms with E-state index in [4.69, 9.17) is 0 Å². The Labute approximate surface area is 123 Å². The molecule has 1 heterocycles. The summed E-state index contributed by atoms with van der Waals surface area (Å²) in [7, 11) is 0. The van der Waals surface area contributed by atoms with Crippen LogP contribution in [0.2, 0.25) is 0 Å². The minimum atomic E-state index is -0.754. The lowest BCUT2D eigenvalue weighted by Crippen LogP contribution is -2.13. The van der Waals surface area contributed by atoms with Gasteiger partial charge in [0.2, 0.25) is 0 Å². The molecule has 0 aliphatic rings. The van der Waals surface area contributed by atoms with Crippen LogP contribution in [0.1, 0.15) is 11.7 Å². The first-order chi connectivity index (χ1) is 9.59. The average molecular weight is 338 g/mol. The molecule has 104 valence electrons. The van der Waals surface area contributed by atoms with Crippen LogP contribution in [0, 0.1) is 10.1 Å². The summed E-state index contributed by atoms with van der Waals surface area (Å²) in [6.45, 7) is 0.160. The molecule has 0 fully saturated rings. The lowest BCUT2D eigenvalue weighted by molar-refractivity contribution is -0.384. The summed E-state index contributed by atoms with van der Waals surface area (Å²) in [6.07, 6.45) is 1.88. The molecular formula is C13H12BrN3O3. The lowest BCUT2D eigenvalue weighted by atomic mass is 10.1. The van der Waals surface area contributed by atoms with Crippen LogP contribution in [-0.4, -0.2) is 21.6 Å². The number of aliphatic hydroxyl groups excluding tert-OH is 1. The van der Waals surface area contributed by atoms with Crippen LogP contribution in [0.25, 0.3) is 0 Å². The van der Waals surface area contributed by atoms with E-state index in [2.05, 4.69) is 26.2 Å². The zero-order chi connectivity index (χ0) is 14.5. The highest BCUT2D eigenvalue weighted by molar-refractivity contribution is 9.10. The van der Waals surface area contributed by atoms with Crippen molar-refractivity contribution in [2.24, 2.45) is 0 Å². The maximum absolute atomic E-state index is 10.9. The SMILES string of the molecule is O=[N+]([O-])c1cncc(Br)c1NCC(O)c1ccccc1. The fourth-order valence-corrected chi connectivity index (χ4v) is 2.19. The molecule has 0 bridgehead atoms. The van der Waals surface area contributed by atoms with E-state index in [1.54, 1.807) is 12.1 Å². The largest absolute Gasteiger partial charge is 0.387 e. The number of hydrogen-bond donors (Lipinski definition) is 2. The fourth-order valence-electron chi connectivity index (χ4n) is 1.73. The van der Waals surface area contributed by atoms with Gasteiger partial charge in [-0.25, -0.2) is 0 Å². The summed E-state index contributed by atoms with van der Waals surface area (Å²) in [4.78, 5) is 14.2. The maximum Gasteiger partial charge on any atom is 0.311 e. The number of aromatic nitrogens is 1. The molecule has 0 saturated heterocycles. The van der Waals surface area contributed by atoms with Gasteiger partial charge in [0, 0.05) is 12.7 Å². The fraction of sp³-hybridized carbons (Fsp3) is 0.154. The molecule has 2 aromatic rings. The van der Waals surface area contributed by atoms with Crippen LogP contribution in [0.3, 0.4) is 0 Å². The van der Waals surface area contributed by atoms with Gasteiger partial charge in [-0.1, -0.05) is 30.3 Å². The number of hydrogen-bond acceptors (Lipinski definition) is 5. The quantitative estimate of drug-likeness (QED) is 0.646. The van der Waals surface area contributed by atoms with Crippen LogP contribution in [0.4, 0.5) is 11.4 Å². The number of aliphatic hydroxyl groups is 1. The van der Waals surface area contributed by atoms with Gasteiger partial charge in [-0.2, -0.15) is 0 Å². The van der Waals surface area contributed by atoms with E-state index in [0.717, 1.165) is 5.56 Å². The van der Waals surface area contributed by atoms with Crippen molar-refractivity contribution in [2.45, 2.75) is 6.10 Å². The number of nitrogens with zero attached hydrogens (tertiary/aromatic N) is 2. The molecule has 20 heavy (non-hydrogen) atoms. The summed E-state index contributed by atoms with van der Waals surface area (Å²) in [5.41, 5.74) is 0.910. The Kier molecular flexibility index (Phi) is 4.65. The van der Waals surface area contributed by atoms with E-state index >= 15 is 0 Å². The molecule has 1 aromatic carbocycles. The Morgan fingerprint density at radius 3 is 2.70 bits per heavy atom. The number of anilines is 1. The van der Waals surface area contributed by atoms with Gasteiger partial charge in [0.1, 0.15) is 11.9 Å². The lowest BCUT2D eigenvalue weighted by Gasteiger charge is -2.14. The van der Waals surface area contributed by atoms with Gasteiger partial charge in [0.15, 0.2) is 0 Å². The number of nitro groups is 1. The molecule has 0 aliphatic carbocycles. The minimum Gasteiger partial charge on any atom is -0.387 e. The average Bonchev–Trinajstić information content (AvgIpc) is 2.46. The summed E-state index contributed by atoms with van der Waals surface area (Å²) in [5, 5.41) is 23.9. The molecule has 2 N–H and O–H groups in total. The van der Waals surface area contributed by atoms with Crippen LogP contribution >= 0.6 is 15.9 Å². The molecule has 0 amide bonds. The number of benzene rings is 1. The van der Waals surface area contributed by atoms with Gasteiger partial charge in [-0.15, -0.1) is 0 Å². The van der Waals surface area contributed by atoms with E-state index in [9.17, 15) is 15.2 Å². The summed E-state index contributed by atoms with van der Waals surface area (Å²) < 4.78 is 0.479. The highest BCUT2D eigenvalue weighted by atomic mass is 79.9. The number of pyridine rings is 1. The molecule has 6 nitrogen and oxygen atoms in total. The molecule has 2 rings (SSSR count). The third-order valence-corrected chi connectivity index (χ3v) is 3.33. The summed E-state index contributed by atoms with van der Waals surface area (Å²) in [6, 6.07) is 9.09. The Bertz CT molecular complexity index is 607. The van der Waals surface area contributed by atoms with Crippen molar-refractivity contribution in [3.05, 3.63) is 62.9 Å². The zero-order valence-corrected chi connectivity index (χ0v) is 11.9. The first-order valence-electron chi connectivity index (χ1n) is 5.84. The monoisotopic (exact) mass is 337 g/mol. The van der Waals surface area contributed by atoms with Crippen molar-refractivity contribution in [2.75, 3.05) is 11.9 Å². The predicted molar refractivity (Wildman–Crippen MR) is 78.5 cm³/mol. The third-order valence-electron chi connectivity index (χ3n) is 2.73. The molecule has 0 aliphatic heterocycles. The molecule has 0 spiro atoms. The first kappa shape index (κ1) is 14.4. The molecule has 1 atom stereocenters. The smallest absolute Gasteiger partial charge is 0.311 e. The van der Waals surface area contributed by atoms with Crippen LogP contribution in [-0.2, 0) is 0 Å². The van der Waals surface area contributed by atoms with Gasteiger partial charge in [0.05, 0.1) is 15.5 Å². The van der Waals surface area contributed by atoms with Crippen LogP contribution in [0.5, 0.6) is 0 Å².